The zero-order chi connectivity index (χ0) is 8.48. The molecule has 0 aromatic carbocycles. The topological polar surface area (TPSA) is 43.1 Å². The fourth-order valence-electron chi connectivity index (χ4n) is 0.941. The number of nitrogens with zero attached hydrogens (tertiary/aromatic N) is 1. The van der Waals surface area contributed by atoms with Crippen LogP contribution in [0.15, 0.2) is 23.3 Å². The van der Waals surface area contributed by atoms with Gasteiger partial charge in [0.05, 0.1) is 0 Å². The molecule has 0 spiro atoms. The van der Waals surface area contributed by atoms with Crippen LogP contribution < -0.4 is 0 Å². The predicted molar refractivity (Wildman–Crippen MR) is 43.1 cm³/mol. The molecule has 0 aromatic rings. The number of nitro groups is 1. The van der Waals surface area contributed by atoms with Gasteiger partial charge in [-0.1, -0.05) is 17.7 Å². The Bertz CT molecular complexity index is 247. The van der Waals surface area contributed by atoms with Crippen LogP contribution in [0.2, 0.25) is 0 Å². The van der Waals surface area contributed by atoms with Gasteiger partial charge in [0.1, 0.15) is 0 Å². The third-order valence-corrected chi connectivity index (χ3v) is 1.91. The van der Waals surface area contributed by atoms with Gasteiger partial charge < -0.3 is 0 Å². The average Bonchev–Trinajstić information content (AvgIpc) is 1.86. The second kappa shape index (κ2) is 2.66. The fraction of sp³-hybridized carbons (Fsp3) is 0.429. The number of rotatable bonds is 1. The largest absolute Gasteiger partial charge is 0.264 e. The lowest BCUT2D eigenvalue weighted by molar-refractivity contribution is -0.549. The molecule has 0 saturated carbocycles. The van der Waals surface area contributed by atoms with E-state index in [1.807, 2.05) is 0 Å². The van der Waals surface area contributed by atoms with Gasteiger partial charge in [0.15, 0.2) is 0 Å². The van der Waals surface area contributed by atoms with Gasteiger partial charge in [-0.25, -0.2) is 0 Å². The normalized spacial score (nSPS) is 29.8. The predicted octanol–water partition coefficient (Wildman–Crippen LogP) is 2.10. The van der Waals surface area contributed by atoms with Crippen LogP contribution in [0.5, 0.6) is 0 Å². The van der Waals surface area contributed by atoms with Gasteiger partial charge in [-0.05, 0) is 6.08 Å². The number of hydrogen-bond acceptors (Lipinski definition) is 2. The number of halogens is 1. The Hall–Kier alpha value is -0.830. The Balaban J connectivity index is 2.92. The van der Waals surface area contributed by atoms with E-state index in [0.717, 1.165) is 0 Å². The van der Waals surface area contributed by atoms with Gasteiger partial charge in [-0.15, -0.1) is 0 Å². The Morgan fingerprint density at radius 3 is 2.82 bits per heavy atom. The minimum atomic E-state index is -1.01. The summed E-state index contributed by atoms with van der Waals surface area (Å²) in [5.74, 6) is 0. The van der Waals surface area contributed by atoms with Crippen molar-refractivity contribution in [2.24, 2.45) is 0 Å². The van der Waals surface area contributed by atoms with Crippen LogP contribution in [0.4, 0.5) is 0 Å². The number of hydrogen-bond donors (Lipinski definition) is 0. The summed E-state index contributed by atoms with van der Waals surface area (Å²) >= 11 is 5.61. The Labute approximate surface area is 69.5 Å². The van der Waals surface area contributed by atoms with Crippen molar-refractivity contribution in [2.75, 3.05) is 0 Å². The average molecular weight is 174 g/mol. The maximum Gasteiger partial charge on any atom is 0.242 e. The molecular formula is C7H8ClNO2. The molecule has 11 heavy (non-hydrogen) atoms. The quantitative estimate of drug-likeness (QED) is 0.450. The zero-order valence-electron chi connectivity index (χ0n) is 6.08. The van der Waals surface area contributed by atoms with E-state index in [1.165, 1.54) is 6.08 Å². The smallest absolute Gasteiger partial charge is 0.242 e. The standard InChI is InChI=1S/C7H8ClNO2/c1-7(9(10)11)4-2-3-6(8)5-7/h2-3,5H,4H2,1H3. The van der Waals surface area contributed by atoms with E-state index in [2.05, 4.69) is 0 Å². The molecule has 0 aliphatic heterocycles. The van der Waals surface area contributed by atoms with Crippen molar-refractivity contribution in [2.45, 2.75) is 18.9 Å². The number of allylic oxidation sites excluding steroid dienone is 2. The van der Waals surface area contributed by atoms with Crippen LogP contribution in [0.1, 0.15) is 13.3 Å². The van der Waals surface area contributed by atoms with Crippen LogP contribution in [0.3, 0.4) is 0 Å². The van der Waals surface area contributed by atoms with Crippen LogP contribution in [0, 0.1) is 10.1 Å². The Morgan fingerprint density at radius 2 is 2.45 bits per heavy atom. The van der Waals surface area contributed by atoms with Crippen LogP contribution in [0.25, 0.3) is 0 Å². The zero-order valence-corrected chi connectivity index (χ0v) is 6.84. The molecule has 0 heterocycles. The van der Waals surface area contributed by atoms with E-state index in [-0.39, 0.29) is 4.92 Å². The molecule has 0 fully saturated rings. The first-order chi connectivity index (χ1) is 5.04. The first-order valence-electron chi connectivity index (χ1n) is 3.24. The van der Waals surface area contributed by atoms with Crippen LogP contribution >= 0.6 is 11.6 Å². The van der Waals surface area contributed by atoms with E-state index in [0.29, 0.717) is 11.5 Å². The summed E-state index contributed by atoms with van der Waals surface area (Å²) in [4.78, 5) is 10.2. The summed E-state index contributed by atoms with van der Waals surface area (Å²) in [6, 6.07) is 0. The summed E-state index contributed by atoms with van der Waals surface area (Å²) in [5, 5.41) is 10.9. The summed E-state index contributed by atoms with van der Waals surface area (Å²) in [6.07, 6.45) is 5.27. The SMILES string of the molecule is CC1([N+](=O)[O-])C=C(Cl)C=CC1. The molecule has 0 radical (unpaired) electrons. The molecule has 1 rings (SSSR count). The van der Waals surface area contributed by atoms with Crippen molar-refractivity contribution in [1.29, 1.82) is 0 Å². The lowest BCUT2D eigenvalue weighted by atomic mass is 9.95. The molecule has 1 atom stereocenters. The summed E-state index contributed by atoms with van der Waals surface area (Å²) < 4.78 is 0. The van der Waals surface area contributed by atoms with E-state index in [1.54, 1.807) is 19.1 Å². The van der Waals surface area contributed by atoms with E-state index in [4.69, 9.17) is 11.6 Å². The minimum absolute atomic E-state index is 0.321. The van der Waals surface area contributed by atoms with Crippen LogP contribution in [-0.4, -0.2) is 10.5 Å². The lowest BCUT2D eigenvalue weighted by Crippen LogP contribution is -2.32. The molecule has 0 bridgehead atoms. The molecule has 4 heteroatoms. The van der Waals surface area contributed by atoms with Crippen molar-refractivity contribution in [3.8, 4) is 0 Å². The molecule has 1 unspecified atom stereocenters. The Morgan fingerprint density at radius 1 is 1.82 bits per heavy atom. The van der Waals surface area contributed by atoms with Crippen molar-refractivity contribution in [3.63, 3.8) is 0 Å². The minimum Gasteiger partial charge on any atom is -0.264 e. The van der Waals surface area contributed by atoms with Crippen LogP contribution in [-0.2, 0) is 0 Å². The van der Waals surface area contributed by atoms with Crippen molar-refractivity contribution >= 4 is 11.6 Å². The molecule has 0 saturated heterocycles. The monoisotopic (exact) mass is 173 g/mol. The summed E-state index contributed by atoms with van der Waals surface area (Å²) in [5.41, 5.74) is -1.01. The molecule has 1 aliphatic rings. The van der Waals surface area contributed by atoms with Crippen molar-refractivity contribution in [3.05, 3.63) is 33.4 Å². The molecule has 1 aliphatic carbocycles. The third kappa shape index (κ3) is 1.60. The second-order valence-corrected chi connectivity index (χ2v) is 3.19. The molecule has 3 nitrogen and oxygen atoms in total. The summed E-state index contributed by atoms with van der Waals surface area (Å²) in [6.45, 7) is 1.55. The molecular weight excluding hydrogens is 166 g/mol. The summed E-state index contributed by atoms with van der Waals surface area (Å²) in [7, 11) is 0. The maximum absolute atomic E-state index is 10.5. The molecule has 60 valence electrons. The molecule has 0 amide bonds. The van der Waals surface area contributed by atoms with Gasteiger partial charge in [0.25, 0.3) is 0 Å². The molecule has 0 aromatic heterocycles. The second-order valence-electron chi connectivity index (χ2n) is 2.75. The lowest BCUT2D eigenvalue weighted by Gasteiger charge is -2.17. The third-order valence-electron chi connectivity index (χ3n) is 1.67. The molecule has 0 N–H and O–H groups in total. The van der Waals surface area contributed by atoms with E-state index < -0.39 is 5.54 Å². The highest BCUT2D eigenvalue weighted by molar-refractivity contribution is 6.31. The first kappa shape index (κ1) is 8.27. The van der Waals surface area contributed by atoms with E-state index >= 15 is 0 Å². The maximum atomic E-state index is 10.5. The van der Waals surface area contributed by atoms with Gasteiger partial charge in [-0.2, -0.15) is 0 Å². The highest BCUT2D eigenvalue weighted by Gasteiger charge is 2.34. The fourth-order valence-corrected chi connectivity index (χ4v) is 1.27. The van der Waals surface area contributed by atoms with E-state index in [9.17, 15) is 10.1 Å². The van der Waals surface area contributed by atoms with Gasteiger partial charge in [-0.3, -0.25) is 10.1 Å². The highest BCUT2D eigenvalue weighted by atomic mass is 35.5. The van der Waals surface area contributed by atoms with Gasteiger partial charge in [0.2, 0.25) is 5.54 Å². The van der Waals surface area contributed by atoms with Gasteiger partial charge in [0, 0.05) is 29.4 Å². The van der Waals surface area contributed by atoms with Crippen molar-refractivity contribution in [1.82, 2.24) is 0 Å². The Kier molecular flexibility index (Phi) is 2.00. The van der Waals surface area contributed by atoms with Crippen molar-refractivity contribution < 1.29 is 4.92 Å². The van der Waals surface area contributed by atoms with Gasteiger partial charge >= 0.3 is 0 Å². The highest BCUT2D eigenvalue weighted by Crippen LogP contribution is 2.25. The first-order valence-corrected chi connectivity index (χ1v) is 3.62.